The summed E-state index contributed by atoms with van der Waals surface area (Å²) in [5, 5.41) is 81.1. The summed E-state index contributed by atoms with van der Waals surface area (Å²) in [4.78, 5) is 81.1. The molecule has 0 aliphatic rings. The van der Waals surface area contributed by atoms with Gasteiger partial charge in [0.1, 0.15) is 0 Å². The van der Waals surface area contributed by atoms with Crippen molar-refractivity contribution in [3.8, 4) is 0 Å². The van der Waals surface area contributed by atoms with Gasteiger partial charge in [-0.25, -0.2) is 0 Å². The fourth-order valence-corrected chi connectivity index (χ4v) is 15.0. The molecule has 0 radical (unpaired) electrons. The fraction of sp³-hybridized carbons (Fsp3) is 0.929. The molecule has 0 spiro atoms. The van der Waals surface area contributed by atoms with E-state index in [1.807, 2.05) is 0 Å². The molecule has 0 amide bonds. The summed E-state index contributed by atoms with van der Waals surface area (Å²) in [5.41, 5.74) is 1.51. The van der Waals surface area contributed by atoms with Gasteiger partial charge in [-0.1, -0.05) is 522 Å². The molecule has 16 nitrogen and oxygen atoms in total. The van der Waals surface area contributed by atoms with Gasteiger partial charge in [0.2, 0.25) is 0 Å². The molecule has 0 aliphatic heterocycles. The van der Waals surface area contributed by atoms with Crippen LogP contribution in [0.5, 0.6) is 0 Å². The zero-order valence-electron chi connectivity index (χ0n) is 88.9. The van der Waals surface area contributed by atoms with Gasteiger partial charge in [-0.05, 0) is 150 Å². The second kappa shape index (κ2) is 119. The number of hydrogen-bond donors (Lipinski definition) is 0. The summed E-state index contributed by atoms with van der Waals surface area (Å²) < 4.78 is 0. The van der Waals surface area contributed by atoms with E-state index in [0.717, 1.165) is 128 Å². The number of carboxylic acid groups (broad SMARTS) is 8. The number of rotatable bonds is 84. The Morgan fingerprint density at radius 1 is 0.131 bits per heavy atom. The zero-order valence-corrected chi connectivity index (χ0v) is 93.8. The average Bonchev–Trinajstić information content (AvgIpc) is 1.00. The Morgan fingerprint density at radius 2 is 0.200 bits per heavy atom. The van der Waals surface area contributed by atoms with E-state index in [1.54, 1.807) is 0 Å². The van der Waals surface area contributed by atoms with Crippen LogP contribution in [0.4, 0.5) is 0 Å². The number of hydrogen-bond acceptors (Lipinski definition) is 16. The molecule has 0 fully saturated rings. The standard InChI is InChI=1S/4C18H36O2.4C10H20O2.2Zr/c4*1-2-3-4-5-6-7-8-9-10-11-12-13-14-15-16-17-18(19)20;4*1-10(2,3)8-6-4-5-7-9(11)12;;/h4*2-17H2,1H3,(H,19,20);4*4-8H2,1-3H3,(H,11,12);;/q;;;;;;;;2*+4/p-8. The van der Waals surface area contributed by atoms with Gasteiger partial charge in [0, 0.05) is 47.8 Å². The van der Waals surface area contributed by atoms with Gasteiger partial charge in [0.05, 0.1) is 0 Å². The molecule has 0 unspecified atom stereocenters. The van der Waals surface area contributed by atoms with E-state index < -0.39 is 47.8 Å². The van der Waals surface area contributed by atoms with Gasteiger partial charge >= 0.3 is 52.4 Å². The van der Waals surface area contributed by atoms with E-state index in [9.17, 15) is 79.2 Å². The van der Waals surface area contributed by atoms with Crippen molar-refractivity contribution in [1.29, 1.82) is 0 Å². The third-order valence-corrected chi connectivity index (χ3v) is 23.2. The van der Waals surface area contributed by atoms with Crippen molar-refractivity contribution in [3.63, 3.8) is 0 Å². The van der Waals surface area contributed by atoms with E-state index in [2.05, 4.69) is 111 Å². The molecule has 0 saturated heterocycles. The molecule has 130 heavy (non-hydrogen) atoms. The molecule has 0 aromatic carbocycles. The van der Waals surface area contributed by atoms with E-state index in [-0.39, 0.29) is 104 Å². The van der Waals surface area contributed by atoms with E-state index >= 15 is 0 Å². The first-order valence-electron chi connectivity index (χ1n) is 54.3. The Labute approximate surface area is 844 Å². The van der Waals surface area contributed by atoms with Crippen molar-refractivity contribution in [1.82, 2.24) is 0 Å². The first-order chi connectivity index (χ1) is 60.7. The fourth-order valence-electron chi connectivity index (χ4n) is 15.0. The first kappa shape index (κ1) is 148. The van der Waals surface area contributed by atoms with Crippen LogP contribution >= 0.6 is 0 Å². The zero-order chi connectivity index (χ0) is 98.0. The normalized spacial score (nSPS) is 11.0. The average molecular weight is 2000 g/mol. The van der Waals surface area contributed by atoms with Crippen LogP contribution in [0.15, 0.2) is 0 Å². The molecule has 768 valence electrons. The predicted molar refractivity (Wildman–Crippen MR) is 528 cm³/mol. The number of carbonyl (C=O) groups excluding carboxylic acids is 8. The minimum Gasteiger partial charge on any atom is -0.550 e. The SMILES string of the molecule is CC(C)(C)CCCCCC(=O)[O-].CC(C)(C)CCCCCC(=O)[O-].CC(C)(C)CCCCCC(=O)[O-].CC(C)(C)CCCCCC(=O)[O-].CCCCCCCCCCCCCCCCCC(=O)[O-].CCCCCCCCCCCCCCCCCC(=O)[O-].CCCCCCCCCCCCCCCCCC(=O)[O-].CCCCCCCCCCCCCCCCCC(=O)[O-].[Zr+4].[Zr+4]. The molecule has 0 bridgehead atoms. The Kier molecular flexibility index (Phi) is 135. The van der Waals surface area contributed by atoms with Crippen LogP contribution in [0.2, 0.25) is 0 Å². The Bertz CT molecular complexity index is 1980. The van der Waals surface area contributed by atoms with Crippen LogP contribution in [0.25, 0.3) is 0 Å². The molecule has 0 saturated carbocycles. The maximum absolute atomic E-state index is 10.2. The van der Waals surface area contributed by atoms with Crippen molar-refractivity contribution in [3.05, 3.63) is 0 Å². The summed E-state index contributed by atoms with van der Waals surface area (Å²) in [7, 11) is 0. The van der Waals surface area contributed by atoms with Crippen molar-refractivity contribution in [2.75, 3.05) is 0 Å². The largest absolute Gasteiger partial charge is 4.00 e. The summed E-state index contributed by atoms with van der Waals surface area (Å²) in [6, 6.07) is 0. The monoisotopic (exact) mass is 2000 g/mol. The smallest absolute Gasteiger partial charge is 0.550 e. The van der Waals surface area contributed by atoms with Gasteiger partial charge < -0.3 is 79.2 Å². The molecule has 0 atom stereocenters. The number of carboxylic acids is 8. The third-order valence-electron chi connectivity index (χ3n) is 23.2. The van der Waals surface area contributed by atoms with Crippen LogP contribution < -0.4 is 40.9 Å². The molecule has 18 heteroatoms. The Balaban J connectivity index is -0.000000160. The molecule has 0 heterocycles. The maximum atomic E-state index is 10.2. The summed E-state index contributed by atoms with van der Waals surface area (Å²) >= 11 is 0. The van der Waals surface area contributed by atoms with Gasteiger partial charge in [-0.3, -0.25) is 0 Å². The maximum Gasteiger partial charge on any atom is 4.00 e. The topological polar surface area (TPSA) is 321 Å². The minimum absolute atomic E-state index is 0. The van der Waals surface area contributed by atoms with Gasteiger partial charge in [0.15, 0.2) is 0 Å². The van der Waals surface area contributed by atoms with Gasteiger partial charge in [0.25, 0.3) is 0 Å². The second-order valence-electron chi connectivity index (χ2n) is 42.3. The third kappa shape index (κ3) is 189. The van der Waals surface area contributed by atoms with Gasteiger partial charge in [-0.15, -0.1) is 0 Å². The molecular weight excluding hydrogens is 1780 g/mol. The number of aliphatic carboxylic acids is 8. The van der Waals surface area contributed by atoms with E-state index in [1.165, 1.54) is 360 Å². The minimum atomic E-state index is -0.925. The second-order valence-corrected chi connectivity index (χ2v) is 42.3. The van der Waals surface area contributed by atoms with Crippen LogP contribution in [-0.2, 0) is 90.8 Å². The quantitative estimate of drug-likeness (QED) is 0.0511. The summed E-state index contributed by atoms with van der Waals surface area (Å²) in [6.45, 7) is 35.5. The number of unbranched alkanes of at least 4 members (excludes halogenated alkanes) is 64. The molecule has 0 N–H and O–H groups in total. The Morgan fingerprint density at radius 3 is 0.269 bits per heavy atom. The summed E-state index contributed by atoms with van der Waals surface area (Å²) in [5.74, 6) is -7.31. The molecular formula is C112H216O16Zr2. The number of carbonyl (C=O) groups is 8. The van der Waals surface area contributed by atoms with Crippen molar-refractivity contribution >= 4 is 47.8 Å². The molecule has 0 aromatic rings. The summed E-state index contributed by atoms with van der Waals surface area (Å²) in [6.07, 6.45) is 96.5. The van der Waals surface area contributed by atoms with Crippen molar-refractivity contribution in [2.45, 2.75) is 650 Å². The molecule has 0 aliphatic carbocycles. The van der Waals surface area contributed by atoms with Crippen LogP contribution in [0.3, 0.4) is 0 Å². The van der Waals surface area contributed by atoms with Gasteiger partial charge in [-0.2, -0.15) is 0 Å². The van der Waals surface area contributed by atoms with E-state index in [0.29, 0.717) is 21.7 Å². The van der Waals surface area contributed by atoms with Crippen LogP contribution in [0, 0.1) is 21.7 Å². The molecule has 0 aromatic heterocycles. The van der Waals surface area contributed by atoms with Crippen molar-refractivity contribution in [2.24, 2.45) is 21.7 Å². The molecule has 0 rings (SSSR count). The first-order valence-corrected chi connectivity index (χ1v) is 54.3. The van der Waals surface area contributed by atoms with Crippen LogP contribution in [0.1, 0.15) is 650 Å². The predicted octanol–water partition coefficient (Wildman–Crippen LogP) is 26.9. The van der Waals surface area contributed by atoms with E-state index in [4.69, 9.17) is 0 Å². The Hall–Kier alpha value is -2.47. The van der Waals surface area contributed by atoms with Crippen LogP contribution in [-0.4, -0.2) is 47.8 Å². The van der Waals surface area contributed by atoms with Crippen molar-refractivity contribution < 1.29 is 132 Å².